The number of carboxylic acids is 4. The van der Waals surface area contributed by atoms with E-state index in [1.165, 1.54) is 11.1 Å². The van der Waals surface area contributed by atoms with E-state index in [1.54, 1.807) is 0 Å². The summed E-state index contributed by atoms with van der Waals surface area (Å²) in [6, 6.07) is 4.83. The Kier molecular flexibility index (Phi) is 12.2. The van der Waals surface area contributed by atoms with Crippen LogP contribution in [0.25, 0.3) is 0 Å². The van der Waals surface area contributed by atoms with Gasteiger partial charge in [-0.2, -0.15) is 0 Å². The van der Waals surface area contributed by atoms with E-state index in [4.69, 9.17) is 55.1 Å². The molecule has 0 aromatic heterocycles. The highest BCUT2D eigenvalue weighted by Gasteiger charge is 2.65. The predicted molar refractivity (Wildman–Crippen MR) is 162 cm³/mol. The van der Waals surface area contributed by atoms with Gasteiger partial charge in [0.15, 0.2) is 47.8 Å². The summed E-state index contributed by atoms with van der Waals surface area (Å²) >= 11 is 0. The van der Waals surface area contributed by atoms with Gasteiger partial charge in [0.2, 0.25) is 0 Å². The molecule has 5 aliphatic rings. The van der Waals surface area contributed by atoms with Crippen molar-refractivity contribution in [2.75, 3.05) is 53.0 Å². The summed E-state index contributed by atoms with van der Waals surface area (Å²) in [4.78, 5) is 56.9. The zero-order valence-electron chi connectivity index (χ0n) is 26.7. The predicted octanol–water partition coefficient (Wildman–Crippen LogP) is -2.61. The summed E-state index contributed by atoms with van der Waals surface area (Å²) in [5, 5.41) is 65.1. The fourth-order valence-corrected chi connectivity index (χ4v) is 7.27. The number of nitrogens with zero attached hydrogens (tertiary/aromatic N) is 2. The second kappa shape index (κ2) is 15.8. The van der Waals surface area contributed by atoms with Gasteiger partial charge in [0.1, 0.15) is 6.61 Å². The molecule has 18 heteroatoms. The van der Waals surface area contributed by atoms with Crippen LogP contribution in [0.1, 0.15) is 30.4 Å². The molecule has 3 aliphatic heterocycles. The third-order valence-corrected chi connectivity index (χ3v) is 9.75. The number of piperidine rings is 1. The molecule has 1 aromatic rings. The minimum atomic E-state index is -2.27. The zero-order chi connectivity index (χ0) is 36.2. The van der Waals surface area contributed by atoms with E-state index < -0.39 is 48.3 Å². The first-order valence-corrected chi connectivity index (χ1v) is 15.7. The molecule has 1 spiro atoms. The van der Waals surface area contributed by atoms with E-state index in [9.17, 15) is 24.0 Å². The van der Waals surface area contributed by atoms with Crippen molar-refractivity contribution in [1.82, 2.24) is 9.80 Å². The summed E-state index contributed by atoms with van der Waals surface area (Å²) in [5.74, 6) is -4.58. The van der Waals surface area contributed by atoms with Gasteiger partial charge in [0, 0.05) is 43.1 Å². The molecule has 3 heterocycles. The van der Waals surface area contributed by atoms with Gasteiger partial charge in [0.05, 0.1) is 13.2 Å². The van der Waals surface area contributed by atoms with Crippen LogP contribution in [0, 0.1) is 5.92 Å². The highest BCUT2D eigenvalue weighted by Crippen LogP contribution is 2.63. The Balaban J connectivity index is 0.000000225. The molecule has 2 saturated heterocycles. The lowest BCUT2D eigenvalue weighted by atomic mass is 9.52. The van der Waals surface area contributed by atoms with Crippen LogP contribution in [0.15, 0.2) is 12.1 Å². The van der Waals surface area contributed by atoms with E-state index in [0.29, 0.717) is 25.0 Å². The van der Waals surface area contributed by atoms with Gasteiger partial charge < -0.3 is 60.0 Å². The van der Waals surface area contributed by atoms with Crippen LogP contribution in [0.2, 0.25) is 0 Å². The number of hydrogen-bond acceptors (Lipinski definition) is 14. The first-order chi connectivity index (χ1) is 23.1. The van der Waals surface area contributed by atoms with Crippen molar-refractivity contribution in [3.63, 3.8) is 0 Å². The fraction of sp³-hybridized carbons (Fsp3) is 0.645. The van der Waals surface area contributed by atoms with Crippen LogP contribution in [0.4, 0.5) is 0 Å². The van der Waals surface area contributed by atoms with Gasteiger partial charge in [-0.05, 0) is 50.4 Å². The van der Waals surface area contributed by atoms with Gasteiger partial charge in [-0.15, -0.1) is 0 Å². The Labute approximate surface area is 280 Å². The Morgan fingerprint density at radius 1 is 0.898 bits per heavy atom. The maximum atomic E-state index is 12.9. The van der Waals surface area contributed by atoms with E-state index in [2.05, 4.69) is 29.0 Å². The van der Waals surface area contributed by atoms with Gasteiger partial charge in [-0.3, -0.25) is 9.69 Å². The lowest BCUT2D eigenvalue weighted by Gasteiger charge is -2.57. The number of likely N-dealkylation sites (N-methyl/N-ethyl adjacent to an activating group) is 1. The topological polar surface area (TPSA) is 281 Å². The molecule has 6 rings (SSSR count). The normalized spacial score (nSPS) is 27.7. The van der Waals surface area contributed by atoms with E-state index >= 15 is 0 Å². The summed E-state index contributed by atoms with van der Waals surface area (Å²) in [5.41, 5.74) is 2.55. The van der Waals surface area contributed by atoms with Gasteiger partial charge >= 0.3 is 23.9 Å². The number of Topliss-reactive ketones (excluding diaryl/α,β-unsaturated/α-hetero) is 1. The van der Waals surface area contributed by atoms with Crippen molar-refractivity contribution in [3.8, 4) is 11.5 Å². The maximum Gasteiger partial charge on any atom is 0.335 e. The number of ketones is 1. The van der Waals surface area contributed by atoms with Crippen LogP contribution in [0.5, 0.6) is 11.5 Å². The molecule has 0 unspecified atom stereocenters. The second-order valence-electron chi connectivity index (χ2n) is 12.5. The van der Waals surface area contributed by atoms with Crippen LogP contribution in [0.3, 0.4) is 0 Å². The quantitative estimate of drug-likeness (QED) is 0.124. The molecule has 1 saturated carbocycles. The highest BCUT2D eigenvalue weighted by atomic mass is 16.5. The molecule has 3 fully saturated rings. The SMILES string of the molecule is CN1CC[C@]23c4c5ccc(OCCN6CCOCC6)c4O[C@H]2C(=O)CC[C@H]3[C@H]1C5.O=C(O)[C@H](O)[C@@H](O)C(=O)O.O=C(O)[C@H](O)[C@@H](O)C(=O)O. The standard InChI is InChI=1S/C23H30N2O4.2C4H6O6/c1-24-7-6-23-16-3-4-18(26)22(23)29-21-19(5-2-15(20(21)23)14-17(16)24)28-13-10-25-8-11-27-12-9-25;2*5-1(3(7)8)2(6)4(9)10/h2,5,16-17,22H,3-4,6-14H2,1H3;2*1-2,5-6H,(H,7,8)(H,9,10)/t16-,17+,22-,23-;2*1-,2-/m011/s1. The Hall–Kier alpha value is -3.91. The Morgan fingerprint density at radius 3 is 1.98 bits per heavy atom. The maximum absolute atomic E-state index is 12.9. The fourth-order valence-electron chi connectivity index (χ4n) is 7.27. The number of aliphatic hydroxyl groups excluding tert-OH is 4. The number of morpholine rings is 1. The monoisotopic (exact) mass is 698 g/mol. The molecule has 0 amide bonds. The molecule has 8 atom stereocenters. The molecule has 18 nitrogen and oxygen atoms in total. The van der Waals surface area contributed by atoms with Crippen molar-refractivity contribution >= 4 is 29.7 Å². The van der Waals surface area contributed by atoms with E-state index in [0.717, 1.165) is 70.2 Å². The Morgan fingerprint density at radius 2 is 1.45 bits per heavy atom. The lowest BCUT2D eigenvalue weighted by molar-refractivity contribution is -0.165. The number of aliphatic hydroxyl groups is 4. The lowest BCUT2D eigenvalue weighted by Crippen LogP contribution is -2.65. The van der Waals surface area contributed by atoms with Crippen molar-refractivity contribution < 1.29 is 79.0 Å². The average molecular weight is 699 g/mol. The number of ether oxygens (including phenoxy) is 3. The molecular weight excluding hydrogens is 656 g/mol. The van der Waals surface area contributed by atoms with Gasteiger partial charge in [-0.1, -0.05) is 6.07 Å². The van der Waals surface area contributed by atoms with Crippen molar-refractivity contribution in [2.24, 2.45) is 5.92 Å². The van der Waals surface area contributed by atoms with E-state index in [1.807, 2.05) is 0 Å². The van der Waals surface area contributed by atoms with Crippen molar-refractivity contribution in [2.45, 2.75) is 67.7 Å². The number of carboxylic acid groups (broad SMARTS) is 4. The molecule has 49 heavy (non-hydrogen) atoms. The number of carbonyl (C=O) groups is 5. The van der Waals surface area contributed by atoms with Crippen LogP contribution in [-0.4, -0.2) is 170 Å². The number of rotatable bonds is 10. The smallest absolute Gasteiger partial charge is 0.335 e. The molecule has 1 aromatic carbocycles. The summed E-state index contributed by atoms with van der Waals surface area (Å²) < 4.78 is 18.1. The average Bonchev–Trinajstić information content (AvgIpc) is 3.43. The number of carbonyl (C=O) groups excluding carboxylic acids is 1. The van der Waals surface area contributed by atoms with Crippen LogP contribution < -0.4 is 9.47 Å². The largest absolute Gasteiger partial charge is 0.488 e. The highest BCUT2D eigenvalue weighted by molar-refractivity contribution is 5.89. The van der Waals surface area contributed by atoms with Gasteiger partial charge in [-0.25, -0.2) is 19.2 Å². The number of likely N-dealkylation sites (tertiary alicyclic amines) is 1. The molecule has 2 bridgehead atoms. The first kappa shape index (κ1) is 37.9. The van der Waals surface area contributed by atoms with Crippen LogP contribution in [-0.2, 0) is 40.5 Å². The first-order valence-electron chi connectivity index (χ1n) is 15.7. The van der Waals surface area contributed by atoms with Gasteiger partial charge in [0.25, 0.3) is 0 Å². The molecule has 0 radical (unpaired) electrons. The number of aliphatic carboxylic acids is 4. The summed E-state index contributed by atoms with van der Waals surface area (Å²) in [6.45, 7) is 6.10. The number of hydrogen-bond donors (Lipinski definition) is 8. The minimum Gasteiger partial charge on any atom is -0.488 e. The third kappa shape index (κ3) is 7.80. The van der Waals surface area contributed by atoms with E-state index in [-0.39, 0.29) is 17.3 Å². The summed E-state index contributed by atoms with van der Waals surface area (Å²) in [6.07, 6.45) is -5.66. The third-order valence-electron chi connectivity index (χ3n) is 9.75. The summed E-state index contributed by atoms with van der Waals surface area (Å²) in [7, 11) is 2.24. The molecule has 8 N–H and O–H groups in total. The molecular formula is C31H42N2O16. The number of benzene rings is 1. The minimum absolute atomic E-state index is 0.126. The van der Waals surface area contributed by atoms with Crippen molar-refractivity contribution in [3.05, 3.63) is 23.3 Å². The molecule has 272 valence electrons. The molecule has 2 aliphatic carbocycles. The van der Waals surface area contributed by atoms with Crippen LogP contribution >= 0.6 is 0 Å². The van der Waals surface area contributed by atoms with Crippen molar-refractivity contribution in [1.29, 1.82) is 0 Å². The Bertz CT molecular complexity index is 1340. The second-order valence-corrected chi connectivity index (χ2v) is 12.5. The zero-order valence-corrected chi connectivity index (χ0v) is 26.7.